The fourth-order valence-corrected chi connectivity index (χ4v) is 1.66. The van der Waals surface area contributed by atoms with E-state index >= 15 is 0 Å². The molecular weight excluding hydrogens is 266 g/mol. The van der Waals surface area contributed by atoms with E-state index in [1.807, 2.05) is 31.2 Å². The van der Waals surface area contributed by atoms with Crippen molar-refractivity contribution in [3.63, 3.8) is 0 Å². The molecule has 2 rings (SSSR count). The molecule has 0 aliphatic carbocycles. The van der Waals surface area contributed by atoms with Crippen molar-refractivity contribution >= 4 is 5.78 Å². The van der Waals surface area contributed by atoms with Gasteiger partial charge in [0.1, 0.15) is 0 Å². The maximum absolute atomic E-state index is 11.9. The standard InChI is InChI=1S/C15H15N3O2.CH4/c1-11-3-5-12(6-4-11)18-10-8-14(20)15(17-18)13(19)7-9-16-2;/h3-10,16H,1-2H3;1H4. The van der Waals surface area contributed by atoms with Crippen LogP contribution in [0.4, 0.5) is 0 Å². The molecule has 1 aromatic carbocycles. The topological polar surface area (TPSA) is 64.0 Å². The number of hydrogen-bond donors (Lipinski definition) is 1. The summed E-state index contributed by atoms with van der Waals surface area (Å²) in [6, 6.07) is 8.98. The van der Waals surface area contributed by atoms with Crippen molar-refractivity contribution in [1.82, 2.24) is 15.1 Å². The second-order valence-corrected chi connectivity index (χ2v) is 4.29. The molecule has 1 aromatic heterocycles. The number of ketones is 1. The molecule has 0 amide bonds. The lowest BCUT2D eigenvalue weighted by atomic mass is 10.2. The lowest BCUT2D eigenvalue weighted by Gasteiger charge is -2.06. The molecule has 0 aliphatic rings. The number of benzene rings is 1. The van der Waals surface area contributed by atoms with Crippen LogP contribution in [-0.2, 0) is 0 Å². The number of hydrogen-bond acceptors (Lipinski definition) is 4. The van der Waals surface area contributed by atoms with E-state index < -0.39 is 5.78 Å². The highest BCUT2D eigenvalue weighted by molar-refractivity contribution is 6.02. The molecule has 0 spiro atoms. The average molecular weight is 285 g/mol. The number of rotatable bonds is 4. The van der Waals surface area contributed by atoms with Gasteiger partial charge in [0.15, 0.2) is 5.69 Å². The van der Waals surface area contributed by atoms with Crippen LogP contribution in [0.5, 0.6) is 0 Å². The molecule has 110 valence electrons. The van der Waals surface area contributed by atoms with Gasteiger partial charge in [-0.05, 0) is 19.1 Å². The molecule has 0 radical (unpaired) electrons. The number of carbonyl (C=O) groups excluding carboxylic acids is 1. The van der Waals surface area contributed by atoms with Crippen molar-refractivity contribution in [2.24, 2.45) is 0 Å². The van der Waals surface area contributed by atoms with Gasteiger partial charge >= 0.3 is 0 Å². The first kappa shape index (κ1) is 16.4. The van der Waals surface area contributed by atoms with Gasteiger partial charge in [-0.1, -0.05) is 25.1 Å². The summed E-state index contributed by atoms with van der Waals surface area (Å²) >= 11 is 0. The molecule has 1 heterocycles. The predicted octanol–water partition coefficient (Wildman–Crippen LogP) is 2.09. The molecule has 2 aromatic rings. The van der Waals surface area contributed by atoms with Crippen LogP contribution in [0.15, 0.2) is 53.6 Å². The molecule has 0 saturated heterocycles. The Bertz CT molecular complexity index is 700. The Balaban J connectivity index is 0.00000220. The predicted molar refractivity (Wildman–Crippen MR) is 83.8 cm³/mol. The highest BCUT2D eigenvalue weighted by Crippen LogP contribution is 2.07. The summed E-state index contributed by atoms with van der Waals surface area (Å²) in [5.41, 5.74) is 1.43. The third-order valence-corrected chi connectivity index (χ3v) is 2.74. The van der Waals surface area contributed by atoms with Crippen molar-refractivity contribution in [3.8, 4) is 5.69 Å². The zero-order valence-electron chi connectivity index (χ0n) is 11.3. The van der Waals surface area contributed by atoms with E-state index in [9.17, 15) is 9.59 Å². The molecule has 21 heavy (non-hydrogen) atoms. The van der Waals surface area contributed by atoms with Gasteiger partial charge in [-0.15, -0.1) is 0 Å². The van der Waals surface area contributed by atoms with Crippen LogP contribution >= 0.6 is 0 Å². The Morgan fingerprint density at radius 1 is 1.24 bits per heavy atom. The molecule has 1 N–H and O–H groups in total. The summed E-state index contributed by atoms with van der Waals surface area (Å²) in [7, 11) is 1.67. The number of allylic oxidation sites excluding steroid dienone is 1. The summed E-state index contributed by atoms with van der Waals surface area (Å²) in [6.45, 7) is 1.99. The van der Waals surface area contributed by atoms with Crippen LogP contribution in [0.1, 0.15) is 23.5 Å². The average Bonchev–Trinajstić information content (AvgIpc) is 2.46. The number of carbonyl (C=O) groups is 1. The first-order valence-corrected chi connectivity index (χ1v) is 6.17. The molecule has 0 bridgehead atoms. The Morgan fingerprint density at radius 3 is 2.52 bits per heavy atom. The van der Waals surface area contributed by atoms with Crippen molar-refractivity contribution in [1.29, 1.82) is 0 Å². The molecule has 0 unspecified atom stereocenters. The van der Waals surface area contributed by atoms with Crippen LogP contribution in [0.3, 0.4) is 0 Å². The molecule has 0 fully saturated rings. The maximum Gasteiger partial charge on any atom is 0.211 e. The second kappa shape index (κ2) is 7.19. The van der Waals surface area contributed by atoms with E-state index in [0.717, 1.165) is 11.3 Å². The molecule has 0 aliphatic heterocycles. The first-order chi connectivity index (χ1) is 9.61. The second-order valence-electron chi connectivity index (χ2n) is 4.29. The zero-order chi connectivity index (χ0) is 14.5. The van der Waals surface area contributed by atoms with Gasteiger partial charge in [0.2, 0.25) is 11.2 Å². The molecule has 5 nitrogen and oxygen atoms in total. The summed E-state index contributed by atoms with van der Waals surface area (Å²) < 4.78 is 1.52. The van der Waals surface area contributed by atoms with Gasteiger partial charge in [0, 0.05) is 31.6 Å². The quantitative estimate of drug-likeness (QED) is 0.690. The van der Waals surface area contributed by atoms with E-state index in [4.69, 9.17) is 0 Å². The fourth-order valence-electron chi connectivity index (χ4n) is 1.66. The Hall–Kier alpha value is -2.69. The van der Waals surface area contributed by atoms with Crippen molar-refractivity contribution in [3.05, 3.63) is 70.3 Å². The summed E-state index contributed by atoms with van der Waals surface area (Å²) in [4.78, 5) is 23.6. The molecule has 0 atom stereocenters. The number of nitrogens with zero attached hydrogens (tertiary/aromatic N) is 2. The van der Waals surface area contributed by atoms with Gasteiger partial charge in [-0.25, -0.2) is 4.68 Å². The fraction of sp³-hybridized carbons (Fsp3) is 0.188. The maximum atomic E-state index is 11.9. The number of nitrogens with one attached hydrogen (secondary N) is 1. The number of aromatic nitrogens is 2. The summed E-state index contributed by atoms with van der Waals surface area (Å²) in [5, 5.41) is 6.80. The third-order valence-electron chi connectivity index (χ3n) is 2.74. The van der Waals surface area contributed by atoms with E-state index in [1.165, 1.54) is 23.0 Å². The van der Waals surface area contributed by atoms with Crippen molar-refractivity contribution in [2.75, 3.05) is 7.05 Å². The first-order valence-electron chi connectivity index (χ1n) is 6.17. The zero-order valence-corrected chi connectivity index (χ0v) is 11.3. The van der Waals surface area contributed by atoms with E-state index in [0.29, 0.717) is 0 Å². The Kier molecular flexibility index (Phi) is 5.60. The van der Waals surface area contributed by atoms with Crippen LogP contribution in [0.2, 0.25) is 0 Å². The smallest absolute Gasteiger partial charge is 0.211 e. The highest BCUT2D eigenvalue weighted by Gasteiger charge is 2.10. The van der Waals surface area contributed by atoms with Crippen LogP contribution in [0, 0.1) is 6.92 Å². The lowest BCUT2D eigenvalue weighted by Crippen LogP contribution is -2.19. The Labute approximate surface area is 123 Å². The van der Waals surface area contributed by atoms with Gasteiger partial charge in [0.25, 0.3) is 0 Å². The van der Waals surface area contributed by atoms with Crippen molar-refractivity contribution in [2.45, 2.75) is 14.4 Å². The van der Waals surface area contributed by atoms with Crippen LogP contribution < -0.4 is 10.7 Å². The minimum Gasteiger partial charge on any atom is -0.394 e. The van der Waals surface area contributed by atoms with Crippen LogP contribution in [0.25, 0.3) is 5.69 Å². The largest absolute Gasteiger partial charge is 0.394 e. The monoisotopic (exact) mass is 285 g/mol. The van der Waals surface area contributed by atoms with Gasteiger partial charge in [-0.2, -0.15) is 5.10 Å². The summed E-state index contributed by atoms with van der Waals surface area (Å²) in [5.74, 6) is -0.425. The minimum atomic E-state index is -0.425. The molecule has 0 saturated carbocycles. The third kappa shape index (κ3) is 3.89. The normalized spacial score (nSPS) is 10.2. The minimum absolute atomic E-state index is 0. The van der Waals surface area contributed by atoms with E-state index in [2.05, 4.69) is 10.4 Å². The Morgan fingerprint density at radius 2 is 1.90 bits per heavy atom. The van der Waals surface area contributed by atoms with E-state index in [1.54, 1.807) is 13.2 Å². The van der Waals surface area contributed by atoms with Crippen LogP contribution in [-0.4, -0.2) is 22.6 Å². The van der Waals surface area contributed by atoms with Crippen molar-refractivity contribution < 1.29 is 4.79 Å². The van der Waals surface area contributed by atoms with Gasteiger partial charge in [-0.3, -0.25) is 9.59 Å². The highest BCUT2D eigenvalue weighted by atomic mass is 16.1. The lowest BCUT2D eigenvalue weighted by molar-refractivity contribution is 0.103. The SMILES string of the molecule is C.CNC=CC(=O)c1nn(-c2ccc(C)cc2)ccc1=O. The molecular formula is C16H19N3O2. The van der Waals surface area contributed by atoms with Gasteiger partial charge < -0.3 is 5.32 Å². The number of aryl methyl sites for hydroxylation is 1. The summed E-state index contributed by atoms with van der Waals surface area (Å²) in [6.07, 6.45) is 4.29. The van der Waals surface area contributed by atoms with E-state index in [-0.39, 0.29) is 18.5 Å². The van der Waals surface area contributed by atoms with Gasteiger partial charge in [0.05, 0.1) is 5.69 Å². The molecule has 5 heteroatoms.